The predicted molar refractivity (Wildman–Crippen MR) is 68.4 cm³/mol. The van der Waals surface area contributed by atoms with Crippen molar-refractivity contribution in [3.63, 3.8) is 0 Å². The largest absolute Gasteiger partial charge is 0.343 e. The van der Waals surface area contributed by atoms with E-state index in [0.29, 0.717) is 18.1 Å². The van der Waals surface area contributed by atoms with Gasteiger partial charge in [0, 0.05) is 12.4 Å². The van der Waals surface area contributed by atoms with Gasteiger partial charge in [-0.2, -0.15) is 0 Å². The molecular formula is C13H11N5O. The standard InChI is InChI=1S/C13H11N5O/c19-13(10-5-1-3-7-14-10)15-9-12-17-16-11-6-2-4-8-18(11)12/h1-8H,9H2,(H,15,19). The van der Waals surface area contributed by atoms with Crippen LogP contribution in [0, 0.1) is 0 Å². The second-order valence-corrected chi connectivity index (χ2v) is 3.94. The molecule has 6 nitrogen and oxygen atoms in total. The summed E-state index contributed by atoms with van der Waals surface area (Å²) in [4.78, 5) is 15.8. The van der Waals surface area contributed by atoms with Crippen molar-refractivity contribution in [1.29, 1.82) is 0 Å². The average molecular weight is 253 g/mol. The fourth-order valence-electron chi connectivity index (χ4n) is 1.76. The first-order valence-electron chi connectivity index (χ1n) is 5.82. The van der Waals surface area contributed by atoms with Crippen LogP contribution in [0.25, 0.3) is 5.65 Å². The summed E-state index contributed by atoms with van der Waals surface area (Å²) in [7, 11) is 0. The van der Waals surface area contributed by atoms with Gasteiger partial charge < -0.3 is 5.32 Å². The van der Waals surface area contributed by atoms with E-state index in [0.717, 1.165) is 5.65 Å². The minimum Gasteiger partial charge on any atom is -0.343 e. The molecule has 1 N–H and O–H groups in total. The molecule has 6 heteroatoms. The molecule has 0 fully saturated rings. The number of nitrogens with zero attached hydrogens (tertiary/aromatic N) is 4. The third-order valence-electron chi connectivity index (χ3n) is 2.69. The molecule has 0 aliphatic rings. The topological polar surface area (TPSA) is 72.2 Å². The van der Waals surface area contributed by atoms with E-state index in [9.17, 15) is 4.79 Å². The number of carbonyl (C=O) groups excluding carboxylic acids is 1. The second kappa shape index (κ2) is 4.85. The maximum Gasteiger partial charge on any atom is 0.270 e. The third-order valence-corrected chi connectivity index (χ3v) is 2.69. The molecule has 0 atom stereocenters. The highest BCUT2D eigenvalue weighted by Crippen LogP contribution is 2.02. The van der Waals surface area contributed by atoms with E-state index in [1.54, 1.807) is 24.4 Å². The fourth-order valence-corrected chi connectivity index (χ4v) is 1.76. The Labute approximate surface area is 109 Å². The average Bonchev–Trinajstić information content (AvgIpc) is 2.89. The summed E-state index contributed by atoms with van der Waals surface area (Å²) in [5.41, 5.74) is 1.14. The van der Waals surface area contributed by atoms with Crippen LogP contribution in [-0.2, 0) is 6.54 Å². The maximum atomic E-state index is 11.8. The highest BCUT2D eigenvalue weighted by molar-refractivity contribution is 5.92. The van der Waals surface area contributed by atoms with Gasteiger partial charge in [0.15, 0.2) is 11.5 Å². The smallest absolute Gasteiger partial charge is 0.270 e. The first-order valence-corrected chi connectivity index (χ1v) is 5.82. The normalized spacial score (nSPS) is 10.5. The van der Waals surface area contributed by atoms with Crippen molar-refractivity contribution in [1.82, 2.24) is 24.9 Å². The van der Waals surface area contributed by atoms with Crippen LogP contribution >= 0.6 is 0 Å². The molecule has 0 aliphatic carbocycles. The molecule has 0 saturated carbocycles. The van der Waals surface area contributed by atoms with Gasteiger partial charge >= 0.3 is 0 Å². The lowest BCUT2D eigenvalue weighted by atomic mass is 10.3. The molecule has 0 aliphatic heterocycles. The number of hydrogen-bond acceptors (Lipinski definition) is 4. The van der Waals surface area contributed by atoms with Crippen molar-refractivity contribution in [3.05, 3.63) is 60.3 Å². The Morgan fingerprint density at radius 3 is 2.89 bits per heavy atom. The van der Waals surface area contributed by atoms with Crippen LogP contribution in [0.4, 0.5) is 0 Å². The second-order valence-electron chi connectivity index (χ2n) is 3.94. The minimum absolute atomic E-state index is 0.228. The molecule has 19 heavy (non-hydrogen) atoms. The SMILES string of the molecule is O=C(NCc1nnc2ccccn12)c1ccccn1. The zero-order valence-electron chi connectivity index (χ0n) is 10.0. The Hall–Kier alpha value is -2.76. The summed E-state index contributed by atoms with van der Waals surface area (Å²) in [5, 5.41) is 10.8. The Morgan fingerprint density at radius 1 is 1.16 bits per heavy atom. The molecule has 3 aromatic rings. The Morgan fingerprint density at radius 2 is 2.05 bits per heavy atom. The summed E-state index contributed by atoms with van der Waals surface area (Å²) < 4.78 is 1.83. The monoisotopic (exact) mass is 253 g/mol. The summed E-state index contributed by atoms with van der Waals surface area (Å²) >= 11 is 0. The van der Waals surface area contributed by atoms with E-state index in [4.69, 9.17) is 0 Å². The summed E-state index contributed by atoms with van der Waals surface area (Å²) in [5.74, 6) is 0.452. The van der Waals surface area contributed by atoms with Crippen molar-refractivity contribution in [3.8, 4) is 0 Å². The van der Waals surface area contributed by atoms with Crippen LogP contribution in [0.1, 0.15) is 16.3 Å². The Bertz CT molecular complexity index is 707. The van der Waals surface area contributed by atoms with E-state index >= 15 is 0 Å². The highest BCUT2D eigenvalue weighted by Gasteiger charge is 2.08. The molecule has 0 radical (unpaired) electrons. The van der Waals surface area contributed by atoms with E-state index in [1.165, 1.54) is 0 Å². The molecule has 0 unspecified atom stereocenters. The number of fused-ring (bicyclic) bond motifs is 1. The van der Waals surface area contributed by atoms with E-state index < -0.39 is 0 Å². The van der Waals surface area contributed by atoms with Gasteiger partial charge in [-0.05, 0) is 24.3 Å². The van der Waals surface area contributed by atoms with Crippen LogP contribution in [0.2, 0.25) is 0 Å². The lowest BCUT2D eigenvalue weighted by Gasteiger charge is -2.03. The summed E-state index contributed by atoms with van der Waals surface area (Å²) in [6.45, 7) is 0.306. The molecule has 0 saturated heterocycles. The van der Waals surface area contributed by atoms with Crippen LogP contribution in [0.5, 0.6) is 0 Å². The van der Waals surface area contributed by atoms with Crippen molar-refractivity contribution < 1.29 is 4.79 Å². The van der Waals surface area contributed by atoms with Gasteiger partial charge in [-0.25, -0.2) is 0 Å². The van der Waals surface area contributed by atoms with E-state index in [2.05, 4.69) is 20.5 Å². The molecule has 0 spiro atoms. The van der Waals surface area contributed by atoms with Crippen LogP contribution in [-0.4, -0.2) is 25.5 Å². The zero-order valence-corrected chi connectivity index (χ0v) is 10.0. The predicted octanol–water partition coefficient (Wildman–Crippen LogP) is 1.05. The van der Waals surface area contributed by atoms with Gasteiger partial charge in [-0.3, -0.25) is 14.2 Å². The van der Waals surface area contributed by atoms with Crippen LogP contribution < -0.4 is 5.32 Å². The molecule has 3 aromatic heterocycles. The summed E-state index contributed by atoms with van der Waals surface area (Å²) in [6.07, 6.45) is 3.44. The molecule has 94 valence electrons. The Kier molecular flexibility index (Phi) is 2.89. The molecule has 0 bridgehead atoms. The van der Waals surface area contributed by atoms with Crippen molar-refractivity contribution in [2.75, 3.05) is 0 Å². The zero-order chi connectivity index (χ0) is 13.1. The van der Waals surface area contributed by atoms with Gasteiger partial charge in [0.25, 0.3) is 5.91 Å². The molecule has 0 aromatic carbocycles. The Balaban J connectivity index is 1.75. The van der Waals surface area contributed by atoms with Crippen LogP contribution in [0.3, 0.4) is 0 Å². The first kappa shape index (κ1) is 11.3. The minimum atomic E-state index is -0.228. The van der Waals surface area contributed by atoms with Crippen molar-refractivity contribution in [2.45, 2.75) is 6.54 Å². The van der Waals surface area contributed by atoms with Gasteiger partial charge in [0.2, 0.25) is 0 Å². The molecular weight excluding hydrogens is 242 g/mol. The number of pyridine rings is 2. The van der Waals surface area contributed by atoms with Gasteiger partial charge in [-0.15, -0.1) is 10.2 Å². The van der Waals surface area contributed by atoms with Crippen LogP contribution in [0.15, 0.2) is 48.8 Å². The fraction of sp³-hybridized carbons (Fsp3) is 0.0769. The first-order chi connectivity index (χ1) is 9.34. The van der Waals surface area contributed by atoms with E-state index in [1.807, 2.05) is 28.8 Å². The number of hydrogen-bond donors (Lipinski definition) is 1. The number of carbonyl (C=O) groups is 1. The number of amides is 1. The number of nitrogens with one attached hydrogen (secondary N) is 1. The molecule has 3 rings (SSSR count). The number of aromatic nitrogens is 4. The van der Waals surface area contributed by atoms with Crippen molar-refractivity contribution >= 4 is 11.6 Å². The summed E-state index contributed by atoms with van der Waals surface area (Å²) in [6, 6.07) is 10.8. The van der Waals surface area contributed by atoms with Gasteiger partial charge in [0.1, 0.15) is 5.69 Å². The third kappa shape index (κ3) is 2.28. The van der Waals surface area contributed by atoms with Crippen molar-refractivity contribution in [2.24, 2.45) is 0 Å². The molecule has 3 heterocycles. The molecule has 1 amide bonds. The highest BCUT2D eigenvalue weighted by atomic mass is 16.1. The van der Waals surface area contributed by atoms with Gasteiger partial charge in [-0.1, -0.05) is 12.1 Å². The van der Waals surface area contributed by atoms with Gasteiger partial charge in [0.05, 0.1) is 6.54 Å². The maximum absolute atomic E-state index is 11.8. The number of rotatable bonds is 3. The lowest BCUT2D eigenvalue weighted by molar-refractivity contribution is 0.0945. The lowest BCUT2D eigenvalue weighted by Crippen LogP contribution is -2.24. The quantitative estimate of drug-likeness (QED) is 0.757. The van der Waals surface area contributed by atoms with E-state index in [-0.39, 0.29) is 5.91 Å².